The fourth-order valence-electron chi connectivity index (χ4n) is 3.96. The molecule has 1 aromatic heterocycles. The van der Waals surface area contributed by atoms with Crippen LogP contribution in [0.25, 0.3) is 0 Å². The quantitative estimate of drug-likeness (QED) is 0.422. The second kappa shape index (κ2) is 9.92. The first kappa shape index (κ1) is 24.5. The number of amides is 3. The van der Waals surface area contributed by atoms with Crippen LogP contribution in [0.1, 0.15) is 51.3 Å². The molecule has 1 aliphatic heterocycles. The topological polar surface area (TPSA) is 103 Å². The van der Waals surface area contributed by atoms with Gasteiger partial charge in [0.2, 0.25) is 0 Å². The molecule has 36 heavy (non-hydrogen) atoms. The Labute approximate surface area is 209 Å². The van der Waals surface area contributed by atoms with Crippen LogP contribution in [0.5, 0.6) is 0 Å². The smallest absolute Gasteiger partial charge is 0.335 e. The van der Waals surface area contributed by atoms with Gasteiger partial charge in [-0.25, -0.2) is 14.6 Å². The van der Waals surface area contributed by atoms with Crippen molar-refractivity contribution in [2.24, 2.45) is 0 Å². The van der Waals surface area contributed by atoms with Gasteiger partial charge in [0.15, 0.2) is 0 Å². The van der Waals surface area contributed by atoms with Crippen molar-refractivity contribution < 1.29 is 19.5 Å². The van der Waals surface area contributed by atoms with Gasteiger partial charge in [0.25, 0.3) is 5.91 Å². The van der Waals surface area contributed by atoms with Crippen molar-refractivity contribution in [3.63, 3.8) is 0 Å². The van der Waals surface area contributed by atoms with Crippen molar-refractivity contribution in [1.82, 2.24) is 15.2 Å². The molecule has 1 aliphatic rings. The minimum absolute atomic E-state index is 0.182. The number of pyridine rings is 1. The summed E-state index contributed by atoms with van der Waals surface area (Å²) in [7, 11) is 1.63. The van der Waals surface area contributed by atoms with Crippen LogP contribution >= 0.6 is 0 Å². The van der Waals surface area contributed by atoms with E-state index in [1.165, 1.54) is 23.2 Å². The number of aromatic carboxylic acids is 1. The third-order valence-electron chi connectivity index (χ3n) is 6.06. The summed E-state index contributed by atoms with van der Waals surface area (Å²) in [6.07, 6.45) is 1.43. The zero-order valence-corrected chi connectivity index (χ0v) is 20.3. The Kier molecular flexibility index (Phi) is 6.75. The molecule has 3 amide bonds. The molecule has 0 saturated carbocycles. The number of hydrogen-bond acceptors (Lipinski definition) is 4. The van der Waals surface area contributed by atoms with E-state index < -0.39 is 11.4 Å². The Morgan fingerprint density at radius 3 is 2.44 bits per heavy atom. The molecule has 3 aromatic rings. The molecular weight excluding hydrogens is 456 g/mol. The van der Waals surface area contributed by atoms with Gasteiger partial charge in [-0.1, -0.05) is 48.4 Å². The zero-order valence-electron chi connectivity index (χ0n) is 20.3. The van der Waals surface area contributed by atoms with Gasteiger partial charge in [0, 0.05) is 31.4 Å². The molecule has 0 bridgehead atoms. The first-order valence-electron chi connectivity index (χ1n) is 11.4. The van der Waals surface area contributed by atoms with Crippen molar-refractivity contribution in [3.8, 4) is 12.0 Å². The summed E-state index contributed by atoms with van der Waals surface area (Å²) >= 11 is 0. The van der Waals surface area contributed by atoms with Crippen LogP contribution in [0.3, 0.4) is 0 Å². The van der Waals surface area contributed by atoms with Gasteiger partial charge in [-0.05, 0) is 43.2 Å². The molecule has 0 unspecified atom stereocenters. The maximum atomic E-state index is 12.9. The number of aromatic nitrogens is 1. The van der Waals surface area contributed by atoms with Gasteiger partial charge in [-0.15, -0.1) is 0 Å². The van der Waals surface area contributed by atoms with Gasteiger partial charge in [0.05, 0.1) is 23.1 Å². The zero-order chi connectivity index (χ0) is 25.9. The van der Waals surface area contributed by atoms with Crippen LogP contribution in [0, 0.1) is 12.0 Å². The van der Waals surface area contributed by atoms with E-state index in [2.05, 4.69) is 22.3 Å². The predicted octanol–water partition coefficient (Wildman–Crippen LogP) is 4.02. The number of nitrogens with zero attached hydrogens (tertiary/aromatic N) is 3. The van der Waals surface area contributed by atoms with Crippen LogP contribution in [-0.4, -0.2) is 39.9 Å². The Morgan fingerprint density at radius 2 is 1.78 bits per heavy atom. The highest BCUT2D eigenvalue weighted by Gasteiger charge is 2.29. The summed E-state index contributed by atoms with van der Waals surface area (Å²) < 4.78 is 0. The van der Waals surface area contributed by atoms with Crippen LogP contribution in [0.4, 0.5) is 10.6 Å². The summed E-state index contributed by atoms with van der Waals surface area (Å²) in [5.74, 6) is 2.20. The second-order valence-corrected chi connectivity index (χ2v) is 9.10. The molecule has 0 aliphatic carbocycles. The molecule has 2 aromatic carbocycles. The maximum absolute atomic E-state index is 12.9. The number of hydrogen-bond donors (Lipinski definition) is 2. The first-order valence-corrected chi connectivity index (χ1v) is 11.4. The summed E-state index contributed by atoms with van der Waals surface area (Å²) in [5.41, 5.74) is 2.66. The molecule has 8 nitrogen and oxygen atoms in total. The monoisotopic (exact) mass is 482 g/mol. The Hall–Kier alpha value is -4.64. The molecule has 2 N–H and O–H groups in total. The fraction of sp³-hybridized carbons (Fsp3) is 0.214. The van der Waals surface area contributed by atoms with Gasteiger partial charge in [-0.3, -0.25) is 15.0 Å². The average Bonchev–Trinajstić information content (AvgIpc) is 2.87. The number of urea groups is 1. The highest BCUT2D eigenvalue weighted by molar-refractivity contribution is 5.97. The van der Waals surface area contributed by atoms with E-state index in [-0.39, 0.29) is 24.0 Å². The Bertz CT molecular complexity index is 1370. The number of carbonyl (C=O) groups excluding carboxylic acids is 2. The lowest BCUT2D eigenvalue weighted by atomic mass is 9.86. The lowest BCUT2D eigenvalue weighted by Gasteiger charge is -2.34. The molecule has 2 heterocycles. The molecule has 0 fully saturated rings. The number of nitrogens with one attached hydrogen (secondary N) is 1. The summed E-state index contributed by atoms with van der Waals surface area (Å²) in [6.45, 7) is 4.52. The lowest BCUT2D eigenvalue weighted by Crippen LogP contribution is -2.45. The maximum Gasteiger partial charge on any atom is 0.335 e. The van der Waals surface area contributed by atoms with Gasteiger partial charge >= 0.3 is 12.0 Å². The van der Waals surface area contributed by atoms with Gasteiger partial charge in [-0.2, -0.15) is 0 Å². The number of benzene rings is 2. The summed E-state index contributed by atoms with van der Waals surface area (Å²) in [4.78, 5) is 44.1. The average molecular weight is 483 g/mol. The predicted molar refractivity (Wildman–Crippen MR) is 135 cm³/mol. The van der Waals surface area contributed by atoms with E-state index in [1.54, 1.807) is 30.1 Å². The molecule has 0 saturated heterocycles. The fourth-order valence-corrected chi connectivity index (χ4v) is 3.96. The SMILES string of the molecule is CN1C(=O)N(Cc2ccc(C(=O)O)cc2)Cc2cc(C(=O)NC#CC(C)(C)c3ccccc3)cnc21. The minimum atomic E-state index is -1.01. The van der Waals surface area contributed by atoms with E-state index in [0.717, 1.165) is 16.7 Å². The minimum Gasteiger partial charge on any atom is -0.478 e. The van der Waals surface area contributed by atoms with Crippen LogP contribution < -0.4 is 10.2 Å². The van der Waals surface area contributed by atoms with Crippen LogP contribution in [-0.2, 0) is 18.5 Å². The van der Waals surface area contributed by atoms with E-state index in [0.29, 0.717) is 17.9 Å². The standard InChI is InChI=1S/C28H26N4O4/c1-28(2,23-7-5-4-6-8-23)13-14-29-25(33)21-15-22-18-32(27(36)31(3)24(22)30-16-21)17-19-9-11-20(12-10-19)26(34)35/h4-12,15-16H,17-18H2,1-3H3,(H,29,33)(H,34,35). The highest BCUT2D eigenvalue weighted by atomic mass is 16.4. The van der Waals surface area contributed by atoms with Gasteiger partial charge < -0.3 is 10.0 Å². The van der Waals surface area contributed by atoms with E-state index in [4.69, 9.17) is 5.11 Å². The Balaban J connectivity index is 1.48. The normalized spacial score (nSPS) is 12.9. The van der Waals surface area contributed by atoms with Crippen molar-refractivity contribution >= 4 is 23.7 Å². The third-order valence-corrected chi connectivity index (χ3v) is 6.06. The van der Waals surface area contributed by atoms with E-state index in [1.807, 2.05) is 44.2 Å². The number of anilines is 1. The van der Waals surface area contributed by atoms with Crippen molar-refractivity contribution in [2.45, 2.75) is 32.4 Å². The lowest BCUT2D eigenvalue weighted by molar-refractivity contribution is 0.0696. The third kappa shape index (κ3) is 5.20. The molecule has 0 radical (unpaired) electrons. The van der Waals surface area contributed by atoms with Gasteiger partial charge in [0.1, 0.15) is 5.82 Å². The molecular formula is C28H26N4O4. The van der Waals surface area contributed by atoms with E-state index >= 15 is 0 Å². The Morgan fingerprint density at radius 1 is 1.08 bits per heavy atom. The summed E-state index contributed by atoms with van der Waals surface area (Å²) in [6, 6.07) is 20.5. The molecule has 0 atom stereocenters. The van der Waals surface area contributed by atoms with E-state index in [9.17, 15) is 14.4 Å². The highest BCUT2D eigenvalue weighted by Crippen LogP contribution is 2.27. The molecule has 8 heteroatoms. The molecule has 0 spiro atoms. The summed E-state index contributed by atoms with van der Waals surface area (Å²) in [5, 5.41) is 11.7. The van der Waals surface area contributed by atoms with Crippen LogP contribution in [0.2, 0.25) is 0 Å². The van der Waals surface area contributed by atoms with Crippen molar-refractivity contribution in [1.29, 1.82) is 0 Å². The van der Waals surface area contributed by atoms with Crippen molar-refractivity contribution in [3.05, 3.63) is 94.7 Å². The first-order chi connectivity index (χ1) is 17.2. The number of carboxylic acids is 1. The largest absolute Gasteiger partial charge is 0.478 e. The molecule has 182 valence electrons. The number of carbonyl (C=O) groups is 3. The second-order valence-electron chi connectivity index (χ2n) is 9.10. The number of rotatable bonds is 5. The van der Waals surface area contributed by atoms with Crippen molar-refractivity contribution in [2.75, 3.05) is 11.9 Å². The number of carboxylic acid groups (broad SMARTS) is 1. The van der Waals surface area contributed by atoms with Crippen LogP contribution in [0.15, 0.2) is 66.9 Å². The molecule has 4 rings (SSSR count). The number of fused-ring (bicyclic) bond motifs is 1.